The lowest BCUT2D eigenvalue weighted by Crippen LogP contribution is -2.42. The molecule has 0 aromatic carbocycles. The second kappa shape index (κ2) is 8.02. The maximum atomic E-state index is 11.6. The van der Waals surface area contributed by atoms with Gasteiger partial charge in [-0.3, -0.25) is 4.79 Å². The highest BCUT2D eigenvalue weighted by Crippen LogP contribution is 2.65. The molecule has 2 fully saturated rings. The van der Waals surface area contributed by atoms with Gasteiger partial charge in [-0.1, -0.05) is 49.3 Å². The third kappa shape index (κ3) is 3.96. The molecule has 0 spiro atoms. The summed E-state index contributed by atoms with van der Waals surface area (Å²) < 4.78 is 12.1. The Bertz CT molecular complexity index is 920. The molecule has 4 rings (SSSR count). The predicted octanol–water partition coefficient (Wildman–Crippen LogP) is 5.92. The first-order valence-electron chi connectivity index (χ1n) is 12.2. The fourth-order valence-electron chi connectivity index (χ4n) is 7.10. The third-order valence-electron chi connectivity index (χ3n) is 8.29. The molecule has 4 nitrogen and oxygen atoms in total. The van der Waals surface area contributed by atoms with E-state index in [0.717, 1.165) is 31.4 Å². The average molecular weight is 457 g/mol. The normalized spacial score (nSPS) is 39.9. The van der Waals surface area contributed by atoms with Crippen LogP contribution >= 0.6 is 0 Å². The maximum absolute atomic E-state index is 11.6. The molecular formula is C27H40O4Si. The summed E-state index contributed by atoms with van der Waals surface area (Å²) in [6.45, 7) is 15.4. The lowest BCUT2D eigenvalue weighted by Gasteiger charge is -2.52. The van der Waals surface area contributed by atoms with Crippen molar-refractivity contribution in [2.45, 2.75) is 79.1 Å². The smallest absolute Gasteiger partial charge is 0.303 e. The SMILES string of the molecule is CC(=O)OC/C(O[Si](C)(C)C)=C1\[C@H](C)CC2C3CCC4=CC(O)C=C[C@]4(C)C3=CC[C@]12C. The Labute approximate surface area is 194 Å². The van der Waals surface area contributed by atoms with Gasteiger partial charge in [-0.15, -0.1) is 0 Å². The molecule has 0 saturated heterocycles. The fraction of sp³-hybridized carbons (Fsp3) is 0.667. The summed E-state index contributed by atoms with van der Waals surface area (Å²) in [5.41, 5.74) is 4.26. The van der Waals surface area contributed by atoms with Crippen LogP contribution in [0.4, 0.5) is 0 Å². The van der Waals surface area contributed by atoms with Crippen molar-refractivity contribution < 1.29 is 19.1 Å². The van der Waals surface area contributed by atoms with E-state index in [0.29, 0.717) is 17.8 Å². The first-order chi connectivity index (χ1) is 14.8. The van der Waals surface area contributed by atoms with Gasteiger partial charge in [0.15, 0.2) is 0 Å². The van der Waals surface area contributed by atoms with E-state index in [1.807, 2.05) is 6.08 Å². The Kier molecular flexibility index (Phi) is 5.90. The number of esters is 1. The number of aliphatic hydroxyl groups excluding tert-OH is 1. The minimum absolute atomic E-state index is 0.0260. The standard InChI is InChI=1S/C27H40O4Si/c1-17-14-23-21-9-8-19-15-20(29)10-12-26(19,3)22(21)11-13-27(23,4)25(17)24(16-30-18(2)28)31-32(5,6)7/h10-12,15,17,20-21,23,29H,8-9,13-14,16H2,1-7H3/b25-24-/t17-,20?,21?,23?,26+,27+/m1/s1. The quantitative estimate of drug-likeness (QED) is 0.247. The highest BCUT2D eigenvalue weighted by Gasteiger charge is 2.56. The molecule has 0 amide bonds. The lowest BCUT2D eigenvalue weighted by atomic mass is 9.53. The first-order valence-corrected chi connectivity index (χ1v) is 15.6. The number of aliphatic hydroxyl groups is 1. The Morgan fingerprint density at radius 3 is 2.66 bits per heavy atom. The summed E-state index contributed by atoms with van der Waals surface area (Å²) in [5.74, 6) is 2.16. The van der Waals surface area contributed by atoms with Gasteiger partial charge >= 0.3 is 5.97 Å². The van der Waals surface area contributed by atoms with Crippen LogP contribution in [0.15, 0.2) is 46.8 Å². The van der Waals surface area contributed by atoms with Crippen LogP contribution in [0.2, 0.25) is 19.6 Å². The number of hydrogen-bond donors (Lipinski definition) is 1. The van der Waals surface area contributed by atoms with Crippen LogP contribution in [0.1, 0.15) is 53.4 Å². The van der Waals surface area contributed by atoms with Crippen LogP contribution in [0.3, 0.4) is 0 Å². The van der Waals surface area contributed by atoms with Crippen LogP contribution in [0.5, 0.6) is 0 Å². The minimum atomic E-state index is -1.86. The molecule has 32 heavy (non-hydrogen) atoms. The molecule has 176 valence electrons. The lowest BCUT2D eigenvalue weighted by molar-refractivity contribution is -0.140. The van der Waals surface area contributed by atoms with Gasteiger partial charge in [-0.25, -0.2) is 0 Å². The maximum Gasteiger partial charge on any atom is 0.303 e. The predicted molar refractivity (Wildman–Crippen MR) is 130 cm³/mol. The van der Waals surface area contributed by atoms with Gasteiger partial charge < -0.3 is 14.3 Å². The molecule has 2 saturated carbocycles. The summed E-state index contributed by atoms with van der Waals surface area (Å²) in [4.78, 5) is 11.6. The largest absolute Gasteiger partial charge is 0.545 e. The topological polar surface area (TPSA) is 55.8 Å². The van der Waals surface area contributed by atoms with E-state index in [2.05, 4.69) is 58.6 Å². The Morgan fingerprint density at radius 1 is 1.28 bits per heavy atom. The fourth-order valence-corrected chi connectivity index (χ4v) is 8.00. The van der Waals surface area contributed by atoms with E-state index in [1.54, 1.807) is 5.57 Å². The van der Waals surface area contributed by atoms with Crippen molar-refractivity contribution in [1.29, 1.82) is 0 Å². The number of rotatable bonds is 4. The van der Waals surface area contributed by atoms with Crippen LogP contribution in [0.25, 0.3) is 0 Å². The third-order valence-corrected chi connectivity index (χ3v) is 9.15. The molecule has 0 aromatic heterocycles. The van der Waals surface area contributed by atoms with E-state index in [9.17, 15) is 9.90 Å². The van der Waals surface area contributed by atoms with Gasteiger partial charge in [-0.05, 0) is 81.0 Å². The molecule has 3 unspecified atom stereocenters. The van der Waals surface area contributed by atoms with E-state index < -0.39 is 14.4 Å². The molecule has 4 aliphatic rings. The van der Waals surface area contributed by atoms with Crippen molar-refractivity contribution in [3.05, 3.63) is 46.8 Å². The van der Waals surface area contributed by atoms with Gasteiger partial charge in [0.1, 0.15) is 12.4 Å². The van der Waals surface area contributed by atoms with Crippen molar-refractivity contribution in [1.82, 2.24) is 0 Å². The van der Waals surface area contributed by atoms with Crippen molar-refractivity contribution >= 4 is 14.3 Å². The van der Waals surface area contributed by atoms with Gasteiger partial charge in [0.25, 0.3) is 0 Å². The molecule has 5 heteroatoms. The number of carbonyl (C=O) groups excluding carboxylic acids is 1. The molecule has 0 heterocycles. The summed E-state index contributed by atoms with van der Waals surface area (Å²) in [6, 6.07) is 0. The second-order valence-corrected chi connectivity index (χ2v) is 16.2. The molecule has 1 N–H and O–H groups in total. The van der Waals surface area contributed by atoms with E-state index in [1.165, 1.54) is 18.1 Å². The van der Waals surface area contributed by atoms with Gasteiger partial charge in [0.2, 0.25) is 8.32 Å². The van der Waals surface area contributed by atoms with Crippen LogP contribution in [-0.4, -0.2) is 32.1 Å². The van der Waals surface area contributed by atoms with Gasteiger partial charge in [-0.2, -0.15) is 0 Å². The van der Waals surface area contributed by atoms with E-state index in [4.69, 9.17) is 9.16 Å². The first kappa shape index (κ1) is 23.6. The van der Waals surface area contributed by atoms with Crippen LogP contribution in [-0.2, 0) is 14.0 Å². The van der Waals surface area contributed by atoms with Crippen molar-refractivity contribution in [3.63, 3.8) is 0 Å². The molecule has 4 aliphatic carbocycles. The summed E-state index contributed by atoms with van der Waals surface area (Å²) in [6.07, 6.45) is 12.6. The molecule has 6 atom stereocenters. The Morgan fingerprint density at radius 2 is 2.00 bits per heavy atom. The van der Waals surface area contributed by atoms with E-state index >= 15 is 0 Å². The summed E-state index contributed by atoms with van der Waals surface area (Å²) in [7, 11) is -1.86. The number of carbonyl (C=O) groups is 1. The molecular weight excluding hydrogens is 416 g/mol. The molecule has 0 radical (unpaired) electrons. The van der Waals surface area contributed by atoms with Crippen molar-refractivity contribution in [2.75, 3.05) is 6.61 Å². The molecule has 0 aromatic rings. The highest BCUT2D eigenvalue weighted by molar-refractivity contribution is 6.70. The monoisotopic (exact) mass is 456 g/mol. The van der Waals surface area contributed by atoms with Gasteiger partial charge in [0.05, 0.1) is 6.10 Å². The summed E-state index contributed by atoms with van der Waals surface area (Å²) in [5, 5.41) is 10.1. The number of allylic oxidation sites excluding steroid dienone is 5. The van der Waals surface area contributed by atoms with Gasteiger partial charge in [0, 0.05) is 12.3 Å². The van der Waals surface area contributed by atoms with Crippen molar-refractivity contribution in [3.8, 4) is 0 Å². The zero-order chi connectivity index (χ0) is 23.5. The minimum Gasteiger partial charge on any atom is -0.545 e. The zero-order valence-electron chi connectivity index (χ0n) is 20.8. The highest BCUT2D eigenvalue weighted by atomic mass is 28.4. The van der Waals surface area contributed by atoms with Crippen LogP contribution < -0.4 is 0 Å². The van der Waals surface area contributed by atoms with E-state index in [-0.39, 0.29) is 23.4 Å². The Hall–Kier alpha value is -1.59. The average Bonchev–Trinajstić information content (AvgIpc) is 2.95. The summed E-state index contributed by atoms with van der Waals surface area (Å²) >= 11 is 0. The number of ether oxygens (including phenoxy) is 1. The molecule has 0 bridgehead atoms. The number of fused-ring (bicyclic) bond motifs is 5. The van der Waals surface area contributed by atoms with Crippen LogP contribution in [0, 0.1) is 28.6 Å². The Balaban J connectivity index is 1.76. The number of hydrogen-bond acceptors (Lipinski definition) is 4. The zero-order valence-corrected chi connectivity index (χ0v) is 21.8. The molecule has 0 aliphatic heterocycles. The second-order valence-electron chi connectivity index (χ2n) is 11.7. The van der Waals surface area contributed by atoms with Crippen molar-refractivity contribution in [2.24, 2.45) is 28.6 Å².